The standard InChI is InChI=1S/C21H24N2O4.ClH/c24-15-22-7-5-16(6-8-22)13-27-21-14-26-19(9-20(21)25)12-23-10-17-3-1-2-4-18(17)11-23;/h1-4,9,14-16H,5-8,10-13H2;1H. The lowest BCUT2D eigenvalue weighted by Crippen LogP contribution is -2.34. The van der Waals surface area contributed by atoms with Gasteiger partial charge in [-0.25, -0.2) is 0 Å². The number of hydrogen-bond donors (Lipinski definition) is 0. The molecule has 1 aromatic carbocycles. The minimum Gasteiger partial charge on any atom is -0.486 e. The predicted octanol–water partition coefficient (Wildman–Crippen LogP) is 2.82. The van der Waals surface area contributed by atoms with Crippen LogP contribution in [-0.2, 0) is 24.4 Å². The maximum Gasteiger partial charge on any atom is 0.227 e. The number of rotatable bonds is 6. The number of amides is 1. The highest BCUT2D eigenvalue weighted by atomic mass is 35.5. The van der Waals surface area contributed by atoms with E-state index < -0.39 is 0 Å². The minimum atomic E-state index is -0.140. The molecule has 150 valence electrons. The van der Waals surface area contributed by atoms with Crippen LogP contribution in [0.15, 0.2) is 45.8 Å². The summed E-state index contributed by atoms with van der Waals surface area (Å²) in [7, 11) is 0. The molecule has 0 atom stereocenters. The lowest BCUT2D eigenvalue weighted by atomic mass is 9.98. The third-order valence-corrected chi connectivity index (χ3v) is 5.41. The molecule has 0 radical (unpaired) electrons. The monoisotopic (exact) mass is 404 g/mol. The van der Waals surface area contributed by atoms with Crippen molar-refractivity contribution in [3.8, 4) is 5.75 Å². The van der Waals surface area contributed by atoms with Gasteiger partial charge in [0.05, 0.1) is 13.2 Å². The minimum absolute atomic E-state index is 0. The van der Waals surface area contributed by atoms with Crippen molar-refractivity contribution in [2.75, 3.05) is 19.7 Å². The smallest absolute Gasteiger partial charge is 0.227 e. The Morgan fingerprint density at radius 3 is 2.43 bits per heavy atom. The van der Waals surface area contributed by atoms with E-state index in [9.17, 15) is 9.59 Å². The molecule has 7 heteroatoms. The number of nitrogens with zero attached hydrogens (tertiary/aromatic N) is 2. The van der Waals surface area contributed by atoms with Gasteiger partial charge in [-0.3, -0.25) is 14.5 Å². The van der Waals surface area contributed by atoms with Crippen molar-refractivity contribution in [3.63, 3.8) is 0 Å². The zero-order valence-corrected chi connectivity index (χ0v) is 16.5. The van der Waals surface area contributed by atoms with Gasteiger partial charge in [-0.1, -0.05) is 24.3 Å². The van der Waals surface area contributed by atoms with Crippen molar-refractivity contribution in [3.05, 3.63) is 63.7 Å². The van der Waals surface area contributed by atoms with E-state index in [1.807, 2.05) is 0 Å². The fraction of sp³-hybridized carbons (Fsp3) is 0.429. The fourth-order valence-corrected chi connectivity index (χ4v) is 3.80. The Labute approximate surface area is 170 Å². The SMILES string of the molecule is Cl.O=CN1CCC(COc2coc(CN3Cc4ccccc4C3)cc2=O)CC1. The molecule has 0 unspecified atom stereocenters. The summed E-state index contributed by atoms with van der Waals surface area (Å²) in [5, 5.41) is 0. The Kier molecular flexibility index (Phi) is 6.75. The van der Waals surface area contributed by atoms with Gasteiger partial charge in [-0.2, -0.15) is 0 Å². The van der Waals surface area contributed by atoms with Crippen LogP contribution in [0, 0.1) is 5.92 Å². The molecule has 0 N–H and O–H groups in total. The summed E-state index contributed by atoms with van der Waals surface area (Å²) in [6, 6.07) is 9.92. The van der Waals surface area contributed by atoms with Crippen LogP contribution in [0.3, 0.4) is 0 Å². The molecule has 0 aliphatic carbocycles. The van der Waals surface area contributed by atoms with Crippen LogP contribution in [0.2, 0.25) is 0 Å². The first-order valence-corrected chi connectivity index (χ1v) is 9.44. The molecule has 1 amide bonds. The van der Waals surface area contributed by atoms with Gasteiger partial charge in [0.1, 0.15) is 12.0 Å². The van der Waals surface area contributed by atoms with Crippen LogP contribution >= 0.6 is 12.4 Å². The first-order chi connectivity index (χ1) is 13.2. The van der Waals surface area contributed by atoms with E-state index in [4.69, 9.17) is 9.15 Å². The highest BCUT2D eigenvalue weighted by molar-refractivity contribution is 5.85. The quantitative estimate of drug-likeness (QED) is 0.693. The second-order valence-electron chi connectivity index (χ2n) is 7.38. The molecule has 0 saturated carbocycles. The van der Waals surface area contributed by atoms with Gasteiger partial charge >= 0.3 is 0 Å². The summed E-state index contributed by atoms with van der Waals surface area (Å²) >= 11 is 0. The van der Waals surface area contributed by atoms with E-state index in [1.165, 1.54) is 23.5 Å². The molecule has 1 saturated heterocycles. The lowest BCUT2D eigenvalue weighted by molar-refractivity contribution is -0.119. The van der Waals surface area contributed by atoms with E-state index >= 15 is 0 Å². The molecule has 3 heterocycles. The van der Waals surface area contributed by atoms with E-state index in [0.717, 1.165) is 45.4 Å². The number of hydrogen-bond acceptors (Lipinski definition) is 5. The van der Waals surface area contributed by atoms with Crippen molar-refractivity contribution in [1.82, 2.24) is 9.80 Å². The van der Waals surface area contributed by atoms with Gasteiger partial charge < -0.3 is 14.1 Å². The summed E-state index contributed by atoms with van der Waals surface area (Å²) in [6.07, 6.45) is 4.13. The van der Waals surface area contributed by atoms with Crippen LogP contribution in [0.1, 0.15) is 29.7 Å². The van der Waals surface area contributed by atoms with Gasteiger partial charge in [-0.05, 0) is 29.9 Å². The number of ether oxygens (including phenoxy) is 1. The normalized spacial score (nSPS) is 17.1. The zero-order valence-electron chi connectivity index (χ0n) is 15.7. The average Bonchev–Trinajstić information content (AvgIpc) is 3.10. The Balaban J connectivity index is 0.00000225. The molecular formula is C21H25ClN2O4. The van der Waals surface area contributed by atoms with Crippen LogP contribution < -0.4 is 10.2 Å². The Morgan fingerprint density at radius 1 is 1.14 bits per heavy atom. The third kappa shape index (κ3) is 4.75. The van der Waals surface area contributed by atoms with Gasteiger partial charge in [0, 0.05) is 32.2 Å². The van der Waals surface area contributed by atoms with Gasteiger partial charge in [0.15, 0.2) is 0 Å². The van der Waals surface area contributed by atoms with E-state index in [0.29, 0.717) is 24.8 Å². The van der Waals surface area contributed by atoms with Crippen molar-refractivity contribution in [2.24, 2.45) is 5.92 Å². The van der Waals surface area contributed by atoms with E-state index in [1.54, 1.807) is 4.90 Å². The highest BCUT2D eigenvalue weighted by Gasteiger charge is 2.21. The fourth-order valence-electron chi connectivity index (χ4n) is 3.80. The van der Waals surface area contributed by atoms with Crippen LogP contribution in [-0.4, -0.2) is 35.9 Å². The first kappa shape index (κ1) is 20.4. The number of halogens is 1. The first-order valence-electron chi connectivity index (χ1n) is 9.44. The van der Waals surface area contributed by atoms with Crippen molar-refractivity contribution in [2.45, 2.75) is 32.5 Å². The Morgan fingerprint density at radius 2 is 1.82 bits per heavy atom. The van der Waals surface area contributed by atoms with Crippen LogP contribution in [0.25, 0.3) is 0 Å². The lowest BCUT2D eigenvalue weighted by Gasteiger charge is -2.28. The molecule has 0 spiro atoms. The molecule has 1 fully saturated rings. The van der Waals surface area contributed by atoms with Crippen molar-refractivity contribution in [1.29, 1.82) is 0 Å². The molecule has 1 aromatic heterocycles. The van der Waals surface area contributed by atoms with Crippen LogP contribution in [0.5, 0.6) is 5.75 Å². The third-order valence-electron chi connectivity index (χ3n) is 5.41. The summed E-state index contributed by atoms with van der Waals surface area (Å²) in [5.41, 5.74) is 2.53. The number of piperidine rings is 1. The van der Waals surface area contributed by atoms with Crippen molar-refractivity contribution < 1.29 is 13.9 Å². The van der Waals surface area contributed by atoms with Gasteiger partial charge in [-0.15, -0.1) is 12.4 Å². The summed E-state index contributed by atoms with van der Waals surface area (Å²) in [6.45, 7) is 4.34. The second-order valence-corrected chi connectivity index (χ2v) is 7.38. The Hall–Kier alpha value is -2.31. The van der Waals surface area contributed by atoms with Gasteiger partial charge in [0.25, 0.3) is 0 Å². The largest absolute Gasteiger partial charge is 0.486 e. The number of fused-ring (bicyclic) bond motifs is 1. The maximum atomic E-state index is 12.3. The summed E-state index contributed by atoms with van der Waals surface area (Å²) < 4.78 is 11.3. The van der Waals surface area contributed by atoms with Gasteiger partial charge in [0.2, 0.25) is 17.6 Å². The second kappa shape index (κ2) is 9.26. The number of benzene rings is 1. The summed E-state index contributed by atoms with van der Waals surface area (Å²) in [4.78, 5) is 27.1. The number of carbonyl (C=O) groups excluding carboxylic acids is 1. The Bertz CT molecular complexity index is 836. The predicted molar refractivity (Wildman–Crippen MR) is 107 cm³/mol. The molecule has 0 bridgehead atoms. The molecule has 2 aliphatic heterocycles. The zero-order chi connectivity index (χ0) is 18.6. The topological polar surface area (TPSA) is 63.0 Å². The van der Waals surface area contributed by atoms with E-state index in [-0.39, 0.29) is 23.6 Å². The molecule has 28 heavy (non-hydrogen) atoms. The molecule has 4 rings (SSSR count). The molecule has 2 aromatic rings. The number of carbonyl (C=O) groups is 1. The number of likely N-dealkylation sites (tertiary alicyclic amines) is 1. The molecule has 6 nitrogen and oxygen atoms in total. The molecular weight excluding hydrogens is 380 g/mol. The maximum absolute atomic E-state index is 12.3. The van der Waals surface area contributed by atoms with E-state index in [2.05, 4.69) is 29.2 Å². The van der Waals surface area contributed by atoms with Crippen LogP contribution in [0.4, 0.5) is 0 Å². The average molecular weight is 405 g/mol. The van der Waals surface area contributed by atoms with Crippen molar-refractivity contribution >= 4 is 18.8 Å². The summed E-state index contributed by atoms with van der Waals surface area (Å²) in [5.74, 6) is 1.28. The highest BCUT2D eigenvalue weighted by Crippen LogP contribution is 2.24. The molecule has 2 aliphatic rings.